The molecule has 0 bridgehead atoms. The van der Waals surface area contributed by atoms with Crippen LogP contribution in [0.15, 0.2) is 30.3 Å². The summed E-state index contributed by atoms with van der Waals surface area (Å²) in [6, 6.07) is 10.1. The molecule has 0 spiro atoms. The molecule has 1 aliphatic rings. The van der Waals surface area contributed by atoms with Gasteiger partial charge in [-0.1, -0.05) is 18.2 Å². The largest absolute Gasteiger partial charge is 0.353 e. The van der Waals surface area contributed by atoms with Crippen LogP contribution in [0.25, 0.3) is 16.6 Å². The van der Waals surface area contributed by atoms with E-state index in [0.29, 0.717) is 18.7 Å². The van der Waals surface area contributed by atoms with Crippen molar-refractivity contribution in [3.8, 4) is 5.69 Å². The van der Waals surface area contributed by atoms with Crippen LogP contribution in [0.4, 0.5) is 5.82 Å². The van der Waals surface area contributed by atoms with E-state index >= 15 is 0 Å². The zero-order valence-corrected chi connectivity index (χ0v) is 19.0. The van der Waals surface area contributed by atoms with Crippen molar-refractivity contribution in [1.82, 2.24) is 24.9 Å². The SMILES string of the molecule is Cc1nnc(N2CCCC(C(=O)CCCN(C)C)C2)c2nn(-c3ccccc3)c(C)c12. The number of aromatic nitrogens is 4. The maximum atomic E-state index is 12.8. The van der Waals surface area contributed by atoms with Gasteiger partial charge in [0.05, 0.1) is 22.5 Å². The van der Waals surface area contributed by atoms with Gasteiger partial charge in [0.2, 0.25) is 0 Å². The molecular formula is C24H32N6O. The Balaban J connectivity index is 1.62. The van der Waals surface area contributed by atoms with E-state index in [0.717, 1.165) is 66.1 Å². The first-order valence-electron chi connectivity index (χ1n) is 11.2. The predicted molar refractivity (Wildman–Crippen MR) is 124 cm³/mol. The van der Waals surface area contributed by atoms with Crippen LogP contribution in [0.2, 0.25) is 0 Å². The highest BCUT2D eigenvalue weighted by Crippen LogP contribution is 2.32. The van der Waals surface area contributed by atoms with Crippen molar-refractivity contribution in [2.24, 2.45) is 5.92 Å². The van der Waals surface area contributed by atoms with Crippen molar-refractivity contribution >= 4 is 22.5 Å². The summed E-state index contributed by atoms with van der Waals surface area (Å²) < 4.78 is 1.97. The molecular weight excluding hydrogens is 388 g/mol. The van der Waals surface area contributed by atoms with Crippen LogP contribution < -0.4 is 4.90 Å². The van der Waals surface area contributed by atoms with Crippen LogP contribution in [0.3, 0.4) is 0 Å². The molecule has 1 aliphatic heterocycles. The summed E-state index contributed by atoms with van der Waals surface area (Å²) in [5.74, 6) is 1.23. The van der Waals surface area contributed by atoms with Gasteiger partial charge in [-0.05, 0) is 65.9 Å². The number of rotatable bonds is 7. The third-order valence-corrected chi connectivity index (χ3v) is 6.19. The number of benzene rings is 1. The Hall–Kier alpha value is -2.80. The number of piperidine rings is 1. The van der Waals surface area contributed by atoms with E-state index < -0.39 is 0 Å². The predicted octanol–water partition coefficient (Wildman–Crippen LogP) is 3.56. The Morgan fingerprint density at radius 2 is 1.94 bits per heavy atom. The lowest BCUT2D eigenvalue weighted by Gasteiger charge is -2.32. The minimum atomic E-state index is 0.0615. The first-order valence-corrected chi connectivity index (χ1v) is 11.2. The van der Waals surface area contributed by atoms with Crippen molar-refractivity contribution in [2.75, 3.05) is 38.6 Å². The molecule has 1 fully saturated rings. The molecule has 0 aliphatic carbocycles. The summed E-state index contributed by atoms with van der Waals surface area (Å²) in [4.78, 5) is 17.2. The van der Waals surface area contributed by atoms with E-state index in [2.05, 4.69) is 39.1 Å². The quantitative estimate of drug-likeness (QED) is 0.582. The average molecular weight is 421 g/mol. The summed E-state index contributed by atoms with van der Waals surface area (Å²) >= 11 is 0. The smallest absolute Gasteiger partial charge is 0.179 e. The van der Waals surface area contributed by atoms with E-state index in [1.165, 1.54) is 0 Å². The molecule has 1 unspecified atom stereocenters. The number of fused-ring (bicyclic) bond motifs is 1. The number of aryl methyl sites for hydroxylation is 2. The number of carbonyl (C=O) groups is 1. The Kier molecular flexibility index (Phi) is 6.32. The lowest BCUT2D eigenvalue weighted by Crippen LogP contribution is -2.39. The highest BCUT2D eigenvalue weighted by atomic mass is 16.1. The topological polar surface area (TPSA) is 67.2 Å². The molecule has 0 N–H and O–H groups in total. The Labute approximate surface area is 184 Å². The molecule has 0 amide bonds. The van der Waals surface area contributed by atoms with Crippen LogP contribution in [0.5, 0.6) is 0 Å². The van der Waals surface area contributed by atoms with Gasteiger partial charge in [-0.25, -0.2) is 4.68 Å². The minimum Gasteiger partial charge on any atom is -0.353 e. The molecule has 7 nitrogen and oxygen atoms in total. The van der Waals surface area contributed by atoms with Crippen molar-refractivity contribution in [1.29, 1.82) is 0 Å². The molecule has 0 radical (unpaired) electrons. The van der Waals surface area contributed by atoms with Crippen LogP contribution >= 0.6 is 0 Å². The fraction of sp³-hybridized carbons (Fsp3) is 0.500. The first-order chi connectivity index (χ1) is 15.0. The number of carbonyl (C=O) groups excluding carboxylic acids is 1. The summed E-state index contributed by atoms with van der Waals surface area (Å²) in [5.41, 5.74) is 3.83. The highest BCUT2D eigenvalue weighted by Gasteiger charge is 2.29. The normalized spacial score (nSPS) is 16.9. The van der Waals surface area contributed by atoms with Crippen LogP contribution in [-0.2, 0) is 4.79 Å². The average Bonchev–Trinajstić information content (AvgIpc) is 3.12. The van der Waals surface area contributed by atoms with Gasteiger partial charge in [0, 0.05) is 25.4 Å². The highest BCUT2D eigenvalue weighted by molar-refractivity contribution is 5.92. The van der Waals surface area contributed by atoms with Crippen molar-refractivity contribution in [2.45, 2.75) is 39.5 Å². The summed E-state index contributed by atoms with van der Waals surface area (Å²) in [5, 5.41) is 15.0. The number of anilines is 1. The zero-order chi connectivity index (χ0) is 22.0. The van der Waals surface area contributed by atoms with E-state index in [-0.39, 0.29) is 5.92 Å². The van der Waals surface area contributed by atoms with Gasteiger partial charge in [-0.15, -0.1) is 5.10 Å². The number of hydrogen-bond acceptors (Lipinski definition) is 6. The number of Topliss-reactive ketones (excluding diaryl/α,β-unsaturated/α-hetero) is 1. The Bertz CT molecular complexity index is 1060. The van der Waals surface area contributed by atoms with E-state index in [1.807, 2.05) is 43.9 Å². The van der Waals surface area contributed by atoms with Crippen LogP contribution in [0, 0.1) is 19.8 Å². The van der Waals surface area contributed by atoms with Gasteiger partial charge in [0.1, 0.15) is 11.3 Å². The van der Waals surface area contributed by atoms with Gasteiger partial charge in [0.15, 0.2) is 5.82 Å². The second kappa shape index (κ2) is 9.14. The molecule has 1 aromatic carbocycles. The molecule has 2 aromatic heterocycles. The molecule has 164 valence electrons. The van der Waals surface area contributed by atoms with Crippen LogP contribution in [-0.4, -0.2) is 64.4 Å². The number of ketones is 1. The number of para-hydroxylation sites is 1. The molecule has 3 aromatic rings. The summed E-state index contributed by atoms with van der Waals surface area (Å²) in [6.45, 7) is 6.59. The molecule has 31 heavy (non-hydrogen) atoms. The Morgan fingerprint density at radius 1 is 1.16 bits per heavy atom. The van der Waals surface area contributed by atoms with Gasteiger partial charge >= 0.3 is 0 Å². The van der Waals surface area contributed by atoms with E-state index in [4.69, 9.17) is 5.10 Å². The Morgan fingerprint density at radius 3 is 2.68 bits per heavy atom. The fourth-order valence-electron chi connectivity index (χ4n) is 4.55. The number of hydrogen-bond donors (Lipinski definition) is 0. The van der Waals surface area contributed by atoms with Crippen LogP contribution in [0.1, 0.15) is 37.1 Å². The van der Waals surface area contributed by atoms with Crippen molar-refractivity contribution in [3.63, 3.8) is 0 Å². The van der Waals surface area contributed by atoms with Crippen molar-refractivity contribution in [3.05, 3.63) is 41.7 Å². The zero-order valence-electron chi connectivity index (χ0n) is 19.0. The standard InChI is InChI=1S/C24H32N6O/c1-17-22-18(2)30(20-11-6-5-7-12-20)27-23(22)24(26-25-17)29-15-8-10-19(16-29)21(31)13-9-14-28(3)4/h5-7,11-12,19H,8-10,13-16H2,1-4H3. The molecule has 1 saturated heterocycles. The third-order valence-electron chi connectivity index (χ3n) is 6.19. The molecule has 1 atom stereocenters. The van der Waals surface area contributed by atoms with Gasteiger partial charge < -0.3 is 9.80 Å². The van der Waals surface area contributed by atoms with E-state index in [1.54, 1.807) is 0 Å². The first kappa shape index (κ1) is 21.4. The lowest BCUT2D eigenvalue weighted by atomic mass is 9.91. The monoisotopic (exact) mass is 420 g/mol. The number of nitrogens with zero attached hydrogens (tertiary/aromatic N) is 6. The molecule has 4 rings (SSSR count). The van der Waals surface area contributed by atoms with Gasteiger partial charge in [-0.3, -0.25) is 4.79 Å². The molecule has 7 heteroatoms. The minimum absolute atomic E-state index is 0.0615. The summed E-state index contributed by atoms with van der Waals surface area (Å²) in [7, 11) is 4.09. The molecule has 3 heterocycles. The van der Waals surface area contributed by atoms with Gasteiger partial charge in [0.25, 0.3) is 0 Å². The lowest BCUT2D eigenvalue weighted by molar-refractivity contribution is -0.123. The maximum Gasteiger partial charge on any atom is 0.179 e. The second-order valence-electron chi connectivity index (χ2n) is 8.82. The molecule has 0 saturated carbocycles. The fourth-order valence-corrected chi connectivity index (χ4v) is 4.55. The van der Waals surface area contributed by atoms with Crippen molar-refractivity contribution < 1.29 is 4.79 Å². The summed E-state index contributed by atoms with van der Waals surface area (Å²) in [6.07, 6.45) is 3.50. The maximum absolute atomic E-state index is 12.8. The second-order valence-corrected chi connectivity index (χ2v) is 8.82. The van der Waals surface area contributed by atoms with E-state index in [9.17, 15) is 4.79 Å². The van der Waals surface area contributed by atoms with Gasteiger partial charge in [-0.2, -0.15) is 10.2 Å². The third kappa shape index (κ3) is 4.46.